The fourth-order valence-corrected chi connectivity index (χ4v) is 2.95. The van der Waals surface area contributed by atoms with Crippen LogP contribution in [0.2, 0.25) is 36.3 Å². The third-order valence-corrected chi connectivity index (χ3v) is 14.0. The van der Waals surface area contributed by atoms with Crippen LogP contribution in [-0.4, -0.2) is 16.1 Å². The van der Waals surface area contributed by atoms with Gasteiger partial charge in [0.05, 0.1) is 0 Å². The summed E-state index contributed by atoms with van der Waals surface area (Å²) in [5.74, 6) is 6.76. The van der Waals surface area contributed by atoms with Gasteiger partial charge in [-0.1, -0.05) is 67.7 Å². The van der Waals surface area contributed by atoms with E-state index in [1.54, 1.807) is 0 Å². The SMILES string of the molecule is CC(C)(C)[Si](C)(C)C#CCCC#C[Si](C)(C)C(C)(C)C. The van der Waals surface area contributed by atoms with E-state index >= 15 is 0 Å². The van der Waals surface area contributed by atoms with Crippen LogP contribution >= 0.6 is 0 Å². The first-order valence-corrected chi connectivity index (χ1v) is 13.7. The van der Waals surface area contributed by atoms with Crippen molar-refractivity contribution in [2.24, 2.45) is 0 Å². The van der Waals surface area contributed by atoms with Crippen LogP contribution in [0.5, 0.6) is 0 Å². The number of hydrogen-bond donors (Lipinski definition) is 0. The van der Waals surface area contributed by atoms with E-state index in [1.807, 2.05) is 0 Å². The molecule has 0 unspecified atom stereocenters. The second kappa shape index (κ2) is 6.55. The zero-order valence-corrected chi connectivity index (χ0v) is 17.4. The molecule has 0 aromatic rings. The van der Waals surface area contributed by atoms with E-state index in [9.17, 15) is 0 Å². The normalized spacial score (nSPS) is 13.1. The second-order valence-electron chi connectivity index (χ2n) is 8.85. The van der Waals surface area contributed by atoms with E-state index in [1.165, 1.54) is 0 Å². The molecule has 0 aromatic carbocycles. The lowest BCUT2D eigenvalue weighted by atomic mass is 10.2. The van der Waals surface area contributed by atoms with Gasteiger partial charge >= 0.3 is 0 Å². The highest BCUT2D eigenvalue weighted by atomic mass is 28.3. The number of unbranched alkanes of at least 4 members (excludes halogenated alkanes) is 1. The van der Waals surface area contributed by atoms with E-state index in [4.69, 9.17) is 0 Å². The Bertz CT molecular complexity index is 390. The second-order valence-corrected chi connectivity index (χ2v) is 18.9. The van der Waals surface area contributed by atoms with Crippen molar-refractivity contribution in [2.75, 3.05) is 0 Å². The van der Waals surface area contributed by atoms with Gasteiger partial charge in [-0.05, 0) is 10.1 Å². The molecule has 0 saturated heterocycles. The van der Waals surface area contributed by atoms with Gasteiger partial charge in [-0.15, -0.1) is 22.9 Å². The molecule has 0 bridgehead atoms. The van der Waals surface area contributed by atoms with Crippen molar-refractivity contribution in [1.82, 2.24) is 0 Å². The average Bonchev–Trinajstić information content (AvgIpc) is 2.19. The summed E-state index contributed by atoms with van der Waals surface area (Å²) in [7, 11) is -2.86. The summed E-state index contributed by atoms with van der Waals surface area (Å²) in [5.41, 5.74) is 7.12. The molecule has 0 aromatic heterocycles. The summed E-state index contributed by atoms with van der Waals surface area (Å²) >= 11 is 0. The maximum atomic E-state index is 3.56. The molecule has 0 fully saturated rings. The standard InChI is InChI=1S/C18H34Si2/c1-17(2,3)19(7,8)15-13-11-12-14-16-20(9,10)18(4,5)6/h11-12H2,1-10H3. The lowest BCUT2D eigenvalue weighted by Crippen LogP contribution is -2.35. The third-order valence-electron chi connectivity index (χ3n) is 4.93. The molecular formula is C18H34Si2. The van der Waals surface area contributed by atoms with Crippen molar-refractivity contribution >= 4 is 16.1 Å². The maximum Gasteiger partial charge on any atom is 0.137 e. The van der Waals surface area contributed by atoms with E-state index < -0.39 is 16.1 Å². The van der Waals surface area contributed by atoms with Crippen LogP contribution in [0.3, 0.4) is 0 Å². The Morgan fingerprint density at radius 3 is 1.05 bits per heavy atom. The third kappa shape index (κ3) is 5.90. The molecule has 0 aliphatic heterocycles. The Balaban J connectivity index is 4.54. The van der Waals surface area contributed by atoms with Crippen LogP contribution in [0.1, 0.15) is 54.4 Å². The minimum absolute atomic E-state index is 0.354. The fraction of sp³-hybridized carbons (Fsp3) is 0.778. The smallest absolute Gasteiger partial charge is 0.131 e. The van der Waals surface area contributed by atoms with Crippen molar-refractivity contribution in [3.63, 3.8) is 0 Å². The van der Waals surface area contributed by atoms with Crippen LogP contribution < -0.4 is 0 Å². The highest BCUT2D eigenvalue weighted by Crippen LogP contribution is 2.35. The minimum Gasteiger partial charge on any atom is -0.131 e. The molecule has 114 valence electrons. The predicted molar refractivity (Wildman–Crippen MR) is 99.2 cm³/mol. The fourth-order valence-electron chi connectivity index (χ4n) is 1.07. The van der Waals surface area contributed by atoms with Gasteiger partial charge in [-0.3, -0.25) is 0 Å². The lowest BCUT2D eigenvalue weighted by Gasteiger charge is -2.31. The Morgan fingerprint density at radius 2 is 0.850 bits per heavy atom. The molecule has 0 aliphatic carbocycles. The van der Waals surface area contributed by atoms with E-state index in [-0.39, 0.29) is 0 Å². The Labute approximate surface area is 130 Å². The van der Waals surface area contributed by atoms with Gasteiger partial charge in [0, 0.05) is 12.8 Å². The summed E-state index contributed by atoms with van der Waals surface area (Å²) in [5, 5.41) is 0.708. The molecule has 0 amide bonds. The van der Waals surface area contributed by atoms with Gasteiger partial charge in [0.1, 0.15) is 16.1 Å². The van der Waals surface area contributed by atoms with Gasteiger partial charge < -0.3 is 0 Å². The quantitative estimate of drug-likeness (QED) is 0.323. The highest BCUT2D eigenvalue weighted by Gasteiger charge is 2.34. The summed E-state index contributed by atoms with van der Waals surface area (Å²) < 4.78 is 0. The van der Waals surface area contributed by atoms with E-state index in [2.05, 4.69) is 90.7 Å². The lowest BCUT2D eigenvalue weighted by molar-refractivity contribution is 0.730. The molecule has 0 N–H and O–H groups in total. The van der Waals surface area contributed by atoms with Gasteiger partial charge in [-0.2, -0.15) is 0 Å². The summed E-state index contributed by atoms with van der Waals surface area (Å²) in [6, 6.07) is 0. The highest BCUT2D eigenvalue weighted by molar-refractivity contribution is 6.88. The summed E-state index contributed by atoms with van der Waals surface area (Å²) in [6.07, 6.45) is 1.85. The monoisotopic (exact) mass is 306 g/mol. The van der Waals surface area contributed by atoms with E-state index in [0.29, 0.717) is 10.1 Å². The van der Waals surface area contributed by atoms with Crippen LogP contribution in [0.15, 0.2) is 0 Å². The first-order chi connectivity index (χ1) is 8.71. The molecule has 0 aliphatic rings. The van der Waals surface area contributed by atoms with Crippen LogP contribution in [0.4, 0.5) is 0 Å². The maximum absolute atomic E-state index is 3.56. The Kier molecular flexibility index (Phi) is 6.40. The largest absolute Gasteiger partial charge is 0.137 e. The summed E-state index contributed by atoms with van der Waals surface area (Å²) in [4.78, 5) is 0. The van der Waals surface area contributed by atoms with Gasteiger partial charge in [0.15, 0.2) is 0 Å². The molecule has 0 heterocycles. The first kappa shape index (κ1) is 19.6. The zero-order chi connectivity index (χ0) is 16.2. The molecule has 0 nitrogen and oxygen atoms in total. The van der Waals surface area contributed by atoms with Crippen molar-refractivity contribution in [3.8, 4) is 22.9 Å². The number of hydrogen-bond acceptors (Lipinski definition) is 0. The van der Waals surface area contributed by atoms with Crippen LogP contribution in [0, 0.1) is 22.9 Å². The van der Waals surface area contributed by atoms with Crippen molar-refractivity contribution in [2.45, 2.75) is 90.6 Å². The molecule has 2 heteroatoms. The molecule has 0 radical (unpaired) electrons. The minimum atomic E-state index is -1.43. The predicted octanol–water partition coefficient (Wildman–Crippen LogP) is 5.87. The van der Waals surface area contributed by atoms with Gasteiger partial charge in [-0.25, -0.2) is 0 Å². The van der Waals surface area contributed by atoms with Crippen LogP contribution in [-0.2, 0) is 0 Å². The Hall–Kier alpha value is -0.446. The van der Waals surface area contributed by atoms with Crippen molar-refractivity contribution in [3.05, 3.63) is 0 Å². The Morgan fingerprint density at radius 1 is 0.600 bits per heavy atom. The molecule has 0 spiro atoms. The van der Waals surface area contributed by atoms with Crippen LogP contribution in [0.25, 0.3) is 0 Å². The molecule has 0 atom stereocenters. The number of rotatable bonds is 1. The molecule has 20 heavy (non-hydrogen) atoms. The van der Waals surface area contributed by atoms with Gasteiger partial charge in [0.25, 0.3) is 0 Å². The molecular weight excluding hydrogens is 272 g/mol. The van der Waals surface area contributed by atoms with Gasteiger partial charge in [0.2, 0.25) is 0 Å². The molecule has 0 saturated carbocycles. The topological polar surface area (TPSA) is 0 Å². The molecule has 0 rings (SSSR count). The summed E-state index contributed by atoms with van der Waals surface area (Å²) in [6.45, 7) is 23.3. The zero-order valence-electron chi connectivity index (χ0n) is 15.4. The van der Waals surface area contributed by atoms with Crippen molar-refractivity contribution in [1.29, 1.82) is 0 Å². The first-order valence-electron chi connectivity index (χ1n) is 7.71. The van der Waals surface area contributed by atoms with E-state index in [0.717, 1.165) is 12.8 Å². The van der Waals surface area contributed by atoms with Crippen molar-refractivity contribution < 1.29 is 0 Å². The average molecular weight is 307 g/mol.